The minimum Gasteiger partial charge on any atom is -0.486 e. The highest BCUT2D eigenvalue weighted by Crippen LogP contribution is 2.43. The number of benzene rings is 1. The Kier molecular flexibility index (Phi) is 4.94. The average molecular weight is 354 g/mol. The predicted molar refractivity (Wildman–Crippen MR) is 93.6 cm³/mol. The second kappa shape index (κ2) is 6.95. The van der Waals surface area contributed by atoms with Crippen LogP contribution >= 0.6 is 23.7 Å². The van der Waals surface area contributed by atoms with Crippen molar-refractivity contribution in [3.63, 3.8) is 0 Å². The maximum absolute atomic E-state index is 5.89. The van der Waals surface area contributed by atoms with Gasteiger partial charge in [0.1, 0.15) is 13.2 Å². The van der Waals surface area contributed by atoms with E-state index >= 15 is 0 Å². The van der Waals surface area contributed by atoms with Gasteiger partial charge in [0.05, 0.1) is 0 Å². The van der Waals surface area contributed by atoms with Crippen molar-refractivity contribution in [1.29, 1.82) is 0 Å². The Bertz CT molecular complexity index is 679. The second-order valence-electron chi connectivity index (χ2n) is 5.66. The predicted octanol–water partition coefficient (Wildman–Crippen LogP) is 3.26. The number of hydrogen-bond acceptors (Lipinski definition) is 6. The Morgan fingerprint density at radius 3 is 3.00 bits per heavy atom. The molecule has 2 aliphatic rings. The van der Waals surface area contributed by atoms with Gasteiger partial charge in [-0.1, -0.05) is 12.1 Å². The van der Waals surface area contributed by atoms with Crippen molar-refractivity contribution in [2.75, 3.05) is 25.5 Å². The quantitative estimate of drug-likeness (QED) is 0.917. The van der Waals surface area contributed by atoms with Gasteiger partial charge >= 0.3 is 0 Å². The van der Waals surface area contributed by atoms with Crippen molar-refractivity contribution in [2.24, 2.45) is 0 Å². The fourth-order valence-electron chi connectivity index (χ4n) is 3.32. The van der Waals surface area contributed by atoms with Crippen LogP contribution in [0, 0.1) is 0 Å². The molecule has 0 bridgehead atoms. The van der Waals surface area contributed by atoms with Gasteiger partial charge in [-0.3, -0.25) is 4.90 Å². The molecular formula is C16H20ClN3O2S. The number of ether oxygens (including phenoxy) is 2. The van der Waals surface area contributed by atoms with Gasteiger partial charge in [-0.25, -0.2) is 4.98 Å². The normalized spacial score (nSPS) is 20.3. The summed E-state index contributed by atoms with van der Waals surface area (Å²) in [5.41, 5.74) is 6.98. The topological polar surface area (TPSA) is 60.6 Å². The molecular weight excluding hydrogens is 334 g/mol. The highest BCUT2D eigenvalue weighted by Gasteiger charge is 2.30. The molecule has 2 aliphatic heterocycles. The van der Waals surface area contributed by atoms with Gasteiger partial charge in [0.15, 0.2) is 16.6 Å². The van der Waals surface area contributed by atoms with Gasteiger partial charge in [0.2, 0.25) is 0 Å². The largest absolute Gasteiger partial charge is 0.486 e. The number of aromatic nitrogens is 1. The third-order valence-electron chi connectivity index (χ3n) is 4.25. The zero-order valence-corrected chi connectivity index (χ0v) is 14.4. The summed E-state index contributed by atoms with van der Waals surface area (Å²) in [6.45, 7) is 3.24. The molecule has 4 rings (SSSR count). The molecule has 0 amide bonds. The number of halogens is 1. The molecule has 1 unspecified atom stereocenters. The summed E-state index contributed by atoms with van der Waals surface area (Å²) in [6.07, 6.45) is 4.23. The van der Waals surface area contributed by atoms with Crippen LogP contribution in [0.1, 0.15) is 29.3 Å². The van der Waals surface area contributed by atoms with Gasteiger partial charge in [0.25, 0.3) is 0 Å². The number of para-hydroxylation sites is 1. The minimum atomic E-state index is 0. The summed E-state index contributed by atoms with van der Waals surface area (Å²) < 4.78 is 11.6. The Morgan fingerprint density at radius 2 is 2.17 bits per heavy atom. The second-order valence-corrected chi connectivity index (χ2v) is 6.81. The lowest BCUT2D eigenvalue weighted by Gasteiger charge is -2.28. The van der Waals surface area contributed by atoms with E-state index in [-0.39, 0.29) is 12.4 Å². The van der Waals surface area contributed by atoms with Crippen LogP contribution in [0.2, 0.25) is 0 Å². The van der Waals surface area contributed by atoms with Crippen molar-refractivity contribution >= 4 is 28.9 Å². The van der Waals surface area contributed by atoms with Crippen molar-refractivity contribution in [3.8, 4) is 11.5 Å². The van der Waals surface area contributed by atoms with Crippen LogP contribution in [0.4, 0.5) is 5.13 Å². The Hall–Kier alpha value is -1.50. The van der Waals surface area contributed by atoms with E-state index in [9.17, 15) is 0 Å². The van der Waals surface area contributed by atoms with E-state index in [1.807, 2.05) is 12.3 Å². The van der Waals surface area contributed by atoms with Crippen LogP contribution in [0.15, 0.2) is 24.4 Å². The van der Waals surface area contributed by atoms with Crippen LogP contribution in [-0.4, -0.2) is 29.6 Å². The standard InChI is InChI=1S/C16H19N3O2S.ClH/c17-16-18-9-11(22-16)10-19-6-2-4-13(19)12-3-1-5-14-15(12)21-8-7-20-14;/h1,3,5,9,13H,2,4,6-8,10H2,(H2,17,18);1H. The van der Waals surface area contributed by atoms with E-state index in [0.29, 0.717) is 24.4 Å². The summed E-state index contributed by atoms with van der Waals surface area (Å²) in [4.78, 5) is 7.85. The van der Waals surface area contributed by atoms with Crippen molar-refractivity contribution in [1.82, 2.24) is 9.88 Å². The van der Waals surface area contributed by atoms with Crippen LogP contribution in [0.3, 0.4) is 0 Å². The van der Waals surface area contributed by atoms with Crippen molar-refractivity contribution in [2.45, 2.75) is 25.4 Å². The van der Waals surface area contributed by atoms with Gasteiger partial charge in [-0.05, 0) is 25.5 Å². The number of nitrogens with zero attached hydrogens (tertiary/aromatic N) is 2. The van der Waals surface area contributed by atoms with Crippen molar-refractivity contribution < 1.29 is 9.47 Å². The van der Waals surface area contributed by atoms with E-state index < -0.39 is 0 Å². The lowest BCUT2D eigenvalue weighted by Crippen LogP contribution is -2.24. The number of anilines is 1. The first-order valence-corrected chi connectivity index (χ1v) is 8.45. The van der Waals surface area contributed by atoms with Gasteiger partial charge in [-0.15, -0.1) is 23.7 Å². The third-order valence-corrected chi connectivity index (χ3v) is 5.06. The third kappa shape index (κ3) is 3.24. The van der Waals surface area contributed by atoms with Crippen LogP contribution < -0.4 is 15.2 Å². The molecule has 1 atom stereocenters. The smallest absolute Gasteiger partial charge is 0.180 e. The monoisotopic (exact) mass is 353 g/mol. The number of likely N-dealkylation sites (tertiary alicyclic amines) is 1. The molecule has 0 saturated carbocycles. The first-order chi connectivity index (χ1) is 10.8. The summed E-state index contributed by atoms with van der Waals surface area (Å²) in [6, 6.07) is 6.59. The van der Waals surface area contributed by atoms with E-state index in [2.05, 4.69) is 22.0 Å². The maximum atomic E-state index is 5.89. The van der Waals surface area contributed by atoms with Crippen molar-refractivity contribution in [3.05, 3.63) is 34.8 Å². The highest BCUT2D eigenvalue weighted by atomic mass is 35.5. The minimum absolute atomic E-state index is 0. The Labute approximate surface area is 145 Å². The molecule has 0 aliphatic carbocycles. The summed E-state index contributed by atoms with van der Waals surface area (Å²) in [5.74, 6) is 1.80. The first-order valence-electron chi connectivity index (χ1n) is 7.64. The average Bonchev–Trinajstić information content (AvgIpc) is 3.16. The summed E-state index contributed by atoms with van der Waals surface area (Å²) in [7, 11) is 0. The number of rotatable bonds is 3. The highest BCUT2D eigenvalue weighted by molar-refractivity contribution is 7.15. The van der Waals surface area contributed by atoms with Gasteiger partial charge < -0.3 is 15.2 Å². The molecule has 5 nitrogen and oxygen atoms in total. The molecule has 3 heterocycles. The molecule has 1 saturated heterocycles. The van der Waals surface area contributed by atoms with Crippen LogP contribution in [-0.2, 0) is 6.54 Å². The number of nitrogens with two attached hydrogens (primary N) is 1. The molecule has 1 fully saturated rings. The zero-order chi connectivity index (χ0) is 14.9. The van der Waals surface area contributed by atoms with Crippen LogP contribution in [0.5, 0.6) is 11.5 Å². The SMILES string of the molecule is Cl.Nc1ncc(CN2CCCC2c2cccc3c2OCCO3)s1. The molecule has 7 heteroatoms. The lowest BCUT2D eigenvalue weighted by atomic mass is 10.0. The lowest BCUT2D eigenvalue weighted by molar-refractivity contribution is 0.163. The summed E-state index contributed by atoms with van der Waals surface area (Å²) >= 11 is 1.57. The molecule has 2 N–H and O–H groups in total. The van der Waals surface area contributed by atoms with E-state index in [4.69, 9.17) is 15.2 Å². The van der Waals surface area contributed by atoms with Gasteiger partial charge in [0, 0.05) is 29.2 Å². The van der Waals surface area contributed by atoms with E-state index in [1.54, 1.807) is 11.3 Å². The molecule has 1 aromatic heterocycles. The molecule has 0 spiro atoms. The fraction of sp³-hybridized carbons (Fsp3) is 0.438. The Morgan fingerprint density at radius 1 is 1.30 bits per heavy atom. The molecule has 23 heavy (non-hydrogen) atoms. The fourth-order valence-corrected chi connectivity index (χ4v) is 4.03. The molecule has 124 valence electrons. The maximum Gasteiger partial charge on any atom is 0.180 e. The summed E-state index contributed by atoms with van der Waals surface area (Å²) in [5, 5.41) is 0.638. The number of thiazole rings is 1. The molecule has 1 aromatic carbocycles. The van der Waals surface area contributed by atoms with E-state index in [0.717, 1.165) is 31.0 Å². The molecule has 2 aromatic rings. The first kappa shape index (κ1) is 16.4. The number of nitrogen functional groups attached to an aromatic ring is 1. The van der Waals surface area contributed by atoms with Gasteiger partial charge in [-0.2, -0.15) is 0 Å². The number of fused-ring (bicyclic) bond motifs is 1. The zero-order valence-electron chi connectivity index (χ0n) is 12.7. The number of hydrogen-bond donors (Lipinski definition) is 1. The van der Waals surface area contributed by atoms with E-state index in [1.165, 1.54) is 16.9 Å². The Balaban J connectivity index is 0.00000156. The van der Waals surface area contributed by atoms with Crippen LogP contribution in [0.25, 0.3) is 0 Å². The molecule has 0 radical (unpaired) electrons.